The van der Waals surface area contributed by atoms with E-state index in [0.717, 1.165) is 29.5 Å². The van der Waals surface area contributed by atoms with Gasteiger partial charge in [0.25, 0.3) is 5.56 Å². The largest absolute Gasteiger partial charge is 0.383 e. The first kappa shape index (κ1) is 19.0. The number of methoxy groups -OCH3 is 1. The summed E-state index contributed by atoms with van der Waals surface area (Å²) >= 11 is 2.98. The van der Waals surface area contributed by atoms with E-state index in [1.807, 2.05) is 0 Å². The molecule has 2 aromatic rings. The third kappa shape index (κ3) is 3.93. The van der Waals surface area contributed by atoms with Gasteiger partial charge in [-0.05, 0) is 50.5 Å². The van der Waals surface area contributed by atoms with E-state index in [9.17, 15) is 9.59 Å². The van der Waals surface area contributed by atoms with Gasteiger partial charge >= 0.3 is 0 Å². The Hall–Kier alpha value is -1.38. The number of ether oxygens (including phenoxy) is 1. The summed E-state index contributed by atoms with van der Waals surface area (Å²) in [4.78, 5) is 32.3. The average Bonchev–Trinajstić information content (AvgIpc) is 3.30. The Balaban J connectivity index is 1.58. The van der Waals surface area contributed by atoms with Crippen molar-refractivity contribution >= 4 is 39.2 Å². The predicted octanol–water partition coefficient (Wildman–Crippen LogP) is 2.60. The van der Waals surface area contributed by atoms with Gasteiger partial charge in [0.15, 0.2) is 5.16 Å². The first-order valence-corrected chi connectivity index (χ1v) is 11.3. The Labute approximate surface area is 166 Å². The maximum absolute atomic E-state index is 13.2. The predicted molar refractivity (Wildman–Crippen MR) is 109 cm³/mol. The monoisotopic (exact) mass is 407 g/mol. The number of nitrogens with one attached hydrogen (secondary N) is 1. The highest BCUT2D eigenvalue weighted by Crippen LogP contribution is 2.35. The minimum Gasteiger partial charge on any atom is -0.383 e. The third-order valence-corrected chi connectivity index (χ3v) is 7.52. The van der Waals surface area contributed by atoms with Crippen LogP contribution in [0, 0.1) is 5.92 Å². The molecule has 0 radical (unpaired) electrons. The molecule has 2 aliphatic rings. The smallest absolute Gasteiger partial charge is 0.263 e. The first-order valence-electron chi connectivity index (χ1n) is 9.54. The Bertz CT molecular complexity index is 917. The molecule has 4 rings (SSSR count). The second-order valence-corrected chi connectivity index (χ2v) is 9.39. The molecule has 2 aliphatic carbocycles. The highest BCUT2D eigenvalue weighted by Gasteiger charge is 2.29. The molecule has 1 amide bonds. The second kappa shape index (κ2) is 7.93. The van der Waals surface area contributed by atoms with Gasteiger partial charge in [0.05, 0.1) is 24.3 Å². The molecule has 0 spiro atoms. The Morgan fingerprint density at radius 2 is 2.26 bits per heavy atom. The van der Waals surface area contributed by atoms with Crippen molar-refractivity contribution in [1.82, 2.24) is 14.9 Å². The summed E-state index contributed by atoms with van der Waals surface area (Å²) in [6.45, 7) is 2.95. The van der Waals surface area contributed by atoms with E-state index in [2.05, 4.69) is 12.2 Å². The Morgan fingerprint density at radius 1 is 1.44 bits per heavy atom. The van der Waals surface area contributed by atoms with Gasteiger partial charge in [-0.2, -0.15) is 0 Å². The van der Waals surface area contributed by atoms with Gasteiger partial charge in [-0.3, -0.25) is 14.2 Å². The molecule has 6 nitrogen and oxygen atoms in total. The third-order valence-electron chi connectivity index (χ3n) is 5.36. The van der Waals surface area contributed by atoms with E-state index in [4.69, 9.17) is 9.72 Å². The molecule has 1 saturated carbocycles. The lowest BCUT2D eigenvalue weighted by Gasteiger charge is -2.14. The number of carbonyl (C=O) groups is 1. The lowest BCUT2D eigenvalue weighted by molar-refractivity contribution is -0.119. The minimum atomic E-state index is 0.000659. The number of thiophene rings is 1. The number of aromatic nitrogens is 2. The van der Waals surface area contributed by atoms with Crippen LogP contribution in [0.15, 0.2) is 9.95 Å². The van der Waals surface area contributed by atoms with Crippen LogP contribution >= 0.6 is 23.1 Å². The summed E-state index contributed by atoms with van der Waals surface area (Å²) < 4.78 is 6.86. The van der Waals surface area contributed by atoms with Crippen LogP contribution in [0.1, 0.15) is 36.6 Å². The summed E-state index contributed by atoms with van der Waals surface area (Å²) in [6, 6.07) is 0.226. The van der Waals surface area contributed by atoms with Crippen molar-refractivity contribution in [3.63, 3.8) is 0 Å². The minimum absolute atomic E-state index is 0.000659. The van der Waals surface area contributed by atoms with Crippen molar-refractivity contribution in [2.45, 2.75) is 56.8 Å². The SMILES string of the molecule is COCCn1c(SCC(=O)N[C@H](C)C2CC2)nc2sc3c(c2c1=O)CCC3. The van der Waals surface area contributed by atoms with Crippen LogP contribution in [0.25, 0.3) is 10.2 Å². The summed E-state index contributed by atoms with van der Waals surface area (Å²) in [6.07, 6.45) is 5.52. The molecule has 27 heavy (non-hydrogen) atoms. The number of thioether (sulfide) groups is 1. The molecule has 2 aromatic heterocycles. The standard InChI is InChI=1S/C19H25N3O3S2/c1-11(12-6-7-12)20-15(23)10-26-19-21-17-16(13-4-3-5-14(13)27-17)18(24)22(19)8-9-25-2/h11-12H,3-10H2,1-2H3,(H,20,23)/t11-/m1/s1. The van der Waals surface area contributed by atoms with Crippen LogP contribution in [0.4, 0.5) is 0 Å². The number of carbonyl (C=O) groups excluding carboxylic acids is 1. The number of nitrogens with zero attached hydrogens (tertiary/aromatic N) is 2. The van der Waals surface area contributed by atoms with Gasteiger partial charge < -0.3 is 10.1 Å². The van der Waals surface area contributed by atoms with Crippen molar-refractivity contribution < 1.29 is 9.53 Å². The zero-order valence-electron chi connectivity index (χ0n) is 15.7. The molecular weight excluding hydrogens is 382 g/mol. The zero-order chi connectivity index (χ0) is 19.0. The van der Waals surface area contributed by atoms with Crippen molar-refractivity contribution in [2.24, 2.45) is 5.92 Å². The molecule has 1 N–H and O–H groups in total. The van der Waals surface area contributed by atoms with Crippen molar-refractivity contribution in [2.75, 3.05) is 19.5 Å². The molecule has 0 aromatic carbocycles. The van der Waals surface area contributed by atoms with E-state index < -0.39 is 0 Å². The van der Waals surface area contributed by atoms with Crippen LogP contribution in [-0.4, -0.2) is 41.0 Å². The molecule has 146 valence electrons. The molecule has 1 atom stereocenters. The second-order valence-electron chi connectivity index (χ2n) is 7.36. The quantitative estimate of drug-likeness (QED) is 0.538. The van der Waals surface area contributed by atoms with Crippen LogP contribution in [0.5, 0.6) is 0 Å². The maximum Gasteiger partial charge on any atom is 0.263 e. The number of aryl methyl sites for hydroxylation is 2. The summed E-state index contributed by atoms with van der Waals surface area (Å²) in [5.74, 6) is 0.898. The molecule has 1 fully saturated rings. The highest BCUT2D eigenvalue weighted by molar-refractivity contribution is 7.99. The topological polar surface area (TPSA) is 73.2 Å². The van der Waals surface area contributed by atoms with Gasteiger partial charge in [-0.25, -0.2) is 4.98 Å². The number of fused-ring (bicyclic) bond motifs is 3. The average molecular weight is 408 g/mol. The van der Waals surface area contributed by atoms with Crippen LogP contribution in [0.2, 0.25) is 0 Å². The van der Waals surface area contributed by atoms with E-state index in [-0.39, 0.29) is 23.3 Å². The fraction of sp³-hybridized carbons (Fsp3) is 0.632. The van der Waals surface area contributed by atoms with Gasteiger partial charge in [0.2, 0.25) is 5.91 Å². The molecular formula is C19H25N3O3S2. The van der Waals surface area contributed by atoms with Crippen molar-refractivity contribution in [3.05, 3.63) is 20.8 Å². The number of amides is 1. The fourth-order valence-electron chi connectivity index (χ4n) is 3.69. The zero-order valence-corrected chi connectivity index (χ0v) is 17.4. The van der Waals surface area contributed by atoms with Crippen LogP contribution in [0.3, 0.4) is 0 Å². The van der Waals surface area contributed by atoms with Crippen molar-refractivity contribution in [1.29, 1.82) is 0 Å². The van der Waals surface area contributed by atoms with E-state index >= 15 is 0 Å². The van der Waals surface area contributed by atoms with Crippen LogP contribution in [-0.2, 0) is 28.9 Å². The Kier molecular flexibility index (Phi) is 5.57. The molecule has 0 aliphatic heterocycles. The van der Waals surface area contributed by atoms with E-state index in [1.165, 1.54) is 35.0 Å². The lowest BCUT2D eigenvalue weighted by atomic mass is 10.2. The summed E-state index contributed by atoms with van der Waals surface area (Å²) in [5, 5.41) is 4.45. The maximum atomic E-state index is 13.2. The first-order chi connectivity index (χ1) is 13.1. The Morgan fingerprint density at radius 3 is 3.00 bits per heavy atom. The molecule has 8 heteroatoms. The van der Waals surface area contributed by atoms with Crippen LogP contribution < -0.4 is 10.9 Å². The molecule has 0 bridgehead atoms. The number of hydrogen-bond donors (Lipinski definition) is 1. The normalized spacial score (nSPS) is 17.3. The van der Waals surface area contributed by atoms with Crippen molar-refractivity contribution in [3.8, 4) is 0 Å². The lowest BCUT2D eigenvalue weighted by Crippen LogP contribution is -2.35. The van der Waals surface area contributed by atoms with Gasteiger partial charge in [-0.1, -0.05) is 11.8 Å². The van der Waals surface area contributed by atoms with E-state index in [0.29, 0.717) is 24.2 Å². The summed E-state index contributed by atoms with van der Waals surface area (Å²) in [5.41, 5.74) is 1.19. The highest BCUT2D eigenvalue weighted by atomic mass is 32.2. The van der Waals surface area contributed by atoms with Gasteiger partial charge in [-0.15, -0.1) is 11.3 Å². The molecule has 2 heterocycles. The van der Waals surface area contributed by atoms with Gasteiger partial charge in [0.1, 0.15) is 4.83 Å². The fourth-order valence-corrected chi connectivity index (χ4v) is 5.83. The molecule has 0 saturated heterocycles. The number of hydrogen-bond acceptors (Lipinski definition) is 6. The van der Waals surface area contributed by atoms with E-state index in [1.54, 1.807) is 23.0 Å². The van der Waals surface area contributed by atoms with Gasteiger partial charge in [0, 0.05) is 18.0 Å². The molecule has 0 unspecified atom stereocenters. The summed E-state index contributed by atoms with van der Waals surface area (Å²) in [7, 11) is 1.62. The number of rotatable bonds is 8.